The van der Waals surface area contributed by atoms with Crippen LogP contribution >= 0.6 is 0 Å². The Kier molecular flexibility index (Phi) is 3.04. The van der Waals surface area contributed by atoms with Crippen molar-refractivity contribution in [3.8, 4) is 5.75 Å². The van der Waals surface area contributed by atoms with Crippen molar-refractivity contribution in [1.29, 1.82) is 0 Å². The molecule has 1 aromatic rings. The second kappa shape index (κ2) is 4.25. The van der Waals surface area contributed by atoms with Crippen molar-refractivity contribution in [1.82, 2.24) is 0 Å². The van der Waals surface area contributed by atoms with Gasteiger partial charge < -0.3 is 9.64 Å². The first-order valence-electron chi connectivity index (χ1n) is 5.45. The number of fused-ring (bicyclic) bond motifs is 1. The van der Waals surface area contributed by atoms with Gasteiger partial charge in [0, 0.05) is 7.05 Å². The zero-order chi connectivity index (χ0) is 13.5. The predicted octanol–water partition coefficient (Wildman–Crippen LogP) is 0.468. The molecule has 7 heteroatoms. The first-order valence-corrected chi connectivity index (χ1v) is 7.00. The molecule has 1 aliphatic rings. The fourth-order valence-corrected chi connectivity index (χ4v) is 2.37. The van der Waals surface area contributed by atoms with E-state index in [-0.39, 0.29) is 10.8 Å². The number of carbonyl (C=O) groups excluding carboxylic acids is 1. The number of nitrogens with two attached hydrogens (primary N) is 1. The summed E-state index contributed by atoms with van der Waals surface area (Å²) in [6, 6.07) is 4.22. The minimum absolute atomic E-state index is 0.0422. The quantitative estimate of drug-likeness (QED) is 0.845. The monoisotopic (exact) mass is 270 g/mol. The van der Waals surface area contributed by atoms with Crippen LogP contribution in [0.4, 0.5) is 5.69 Å². The molecular formula is C11H14N2O4S. The van der Waals surface area contributed by atoms with E-state index < -0.39 is 16.1 Å². The molecule has 2 N–H and O–H groups in total. The number of anilines is 1. The van der Waals surface area contributed by atoms with Crippen LogP contribution in [0.15, 0.2) is 23.1 Å². The van der Waals surface area contributed by atoms with E-state index in [1.807, 2.05) is 6.92 Å². The van der Waals surface area contributed by atoms with E-state index in [0.717, 1.165) is 0 Å². The molecule has 0 aromatic heterocycles. The van der Waals surface area contributed by atoms with Gasteiger partial charge in [0.2, 0.25) is 10.0 Å². The molecule has 0 bridgehead atoms. The van der Waals surface area contributed by atoms with Crippen LogP contribution < -0.4 is 14.8 Å². The van der Waals surface area contributed by atoms with E-state index in [2.05, 4.69) is 0 Å². The van der Waals surface area contributed by atoms with Crippen molar-refractivity contribution in [2.24, 2.45) is 5.14 Å². The van der Waals surface area contributed by atoms with Gasteiger partial charge in [-0.25, -0.2) is 13.6 Å². The van der Waals surface area contributed by atoms with E-state index >= 15 is 0 Å². The highest BCUT2D eigenvalue weighted by atomic mass is 32.2. The lowest BCUT2D eigenvalue weighted by atomic mass is 10.1. The van der Waals surface area contributed by atoms with Crippen LogP contribution in [0.1, 0.15) is 13.3 Å². The molecule has 18 heavy (non-hydrogen) atoms. The van der Waals surface area contributed by atoms with Crippen molar-refractivity contribution in [3.05, 3.63) is 18.2 Å². The molecule has 1 aliphatic heterocycles. The summed E-state index contributed by atoms with van der Waals surface area (Å²) in [6.45, 7) is 1.85. The Morgan fingerprint density at radius 2 is 2.11 bits per heavy atom. The van der Waals surface area contributed by atoms with Gasteiger partial charge in [0.25, 0.3) is 5.91 Å². The van der Waals surface area contributed by atoms with E-state index in [1.165, 1.54) is 23.1 Å². The van der Waals surface area contributed by atoms with E-state index in [4.69, 9.17) is 9.88 Å². The third-order valence-corrected chi connectivity index (χ3v) is 3.78. The first kappa shape index (κ1) is 12.8. The smallest absolute Gasteiger partial charge is 0.267 e. The first-order chi connectivity index (χ1) is 8.34. The largest absolute Gasteiger partial charge is 0.478 e. The third kappa shape index (κ3) is 2.06. The summed E-state index contributed by atoms with van der Waals surface area (Å²) in [5, 5.41) is 5.05. The number of nitrogens with zero attached hydrogens (tertiary/aromatic N) is 1. The molecule has 2 rings (SSSR count). The Morgan fingerprint density at radius 3 is 2.67 bits per heavy atom. The summed E-state index contributed by atoms with van der Waals surface area (Å²) in [6.07, 6.45) is 0.0300. The summed E-state index contributed by atoms with van der Waals surface area (Å²) in [4.78, 5) is 13.2. The SMILES string of the molecule is CCC1Oc2ccc(S(N)(=O)=O)cc2N(C)C1=O. The second-order valence-electron chi connectivity index (χ2n) is 4.09. The number of primary sulfonamides is 1. The van der Waals surface area contributed by atoms with Crippen molar-refractivity contribution in [3.63, 3.8) is 0 Å². The highest BCUT2D eigenvalue weighted by molar-refractivity contribution is 7.89. The van der Waals surface area contributed by atoms with E-state index in [1.54, 1.807) is 7.05 Å². The minimum Gasteiger partial charge on any atom is -0.478 e. The van der Waals surface area contributed by atoms with Crippen molar-refractivity contribution < 1.29 is 17.9 Å². The Morgan fingerprint density at radius 1 is 1.44 bits per heavy atom. The molecule has 98 valence electrons. The maximum Gasteiger partial charge on any atom is 0.267 e. The molecule has 1 unspecified atom stereocenters. The van der Waals surface area contributed by atoms with Gasteiger partial charge in [-0.3, -0.25) is 4.79 Å². The fourth-order valence-electron chi connectivity index (χ4n) is 1.83. The normalized spacial score (nSPS) is 19.4. The molecule has 1 heterocycles. The van der Waals surface area contributed by atoms with E-state index in [9.17, 15) is 13.2 Å². The molecule has 1 amide bonds. The van der Waals surface area contributed by atoms with Gasteiger partial charge in [0.05, 0.1) is 10.6 Å². The van der Waals surface area contributed by atoms with Crippen LogP contribution in [0.25, 0.3) is 0 Å². The van der Waals surface area contributed by atoms with Crippen LogP contribution in [0.5, 0.6) is 5.75 Å². The lowest BCUT2D eigenvalue weighted by Gasteiger charge is -2.31. The van der Waals surface area contributed by atoms with Crippen molar-refractivity contribution in [2.45, 2.75) is 24.3 Å². The number of carbonyl (C=O) groups is 1. The van der Waals surface area contributed by atoms with Gasteiger partial charge in [0.15, 0.2) is 6.10 Å². The van der Waals surface area contributed by atoms with Crippen LogP contribution in [-0.4, -0.2) is 27.5 Å². The molecule has 0 saturated carbocycles. The summed E-state index contributed by atoms with van der Waals surface area (Å²) < 4.78 is 28.0. The zero-order valence-electron chi connectivity index (χ0n) is 10.1. The summed E-state index contributed by atoms with van der Waals surface area (Å²) >= 11 is 0. The van der Waals surface area contributed by atoms with Crippen LogP contribution in [-0.2, 0) is 14.8 Å². The van der Waals surface area contributed by atoms with Gasteiger partial charge in [-0.05, 0) is 24.6 Å². The van der Waals surface area contributed by atoms with Crippen LogP contribution in [0.2, 0.25) is 0 Å². The molecule has 1 atom stereocenters. The van der Waals surface area contributed by atoms with Crippen LogP contribution in [0, 0.1) is 0 Å². The molecule has 0 fully saturated rings. The lowest BCUT2D eigenvalue weighted by molar-refractivity contribution is -0.126. The summed E-state index contributed by atoms with van der Waals surface area (Å²) in [5.74, 6) is 0.285. The number of rotatable bonds is 2. The number of sulfonamides is 1. The van der Waals surface area contributed by atoms with Gasteiger partial charge in [-0.1, -0.05) is 6.92 Å². The number of benzene rings is 1. The highest BCUT2D eigenvalue weighted by Gasteiger charge is 2.31. The van der Waals surface area contributed by atoms with Gasteiger partial charge >= 0.3 is 0 Å². The zero-order valence-corrected chi connectivity index (χ0v) is 10.9. The topological polar surface area (TPSA) is 89.7 Å². The number of ether oxygens (including phenoxy) is 1. The fraction of sp³-hybridized carbons (Fsp3) is 0.364. The molecule has 0 spiro atoms. The summed E-state index contributed by atoms with van der Waals surface area (Å²) in [5.41, 5.74) is 0.413. The Hall–Kier alpha value is -1.60. The Bertz CT molecular complexity index is 597. The molecular weight excluding hydrogens is 256 g/mol. The molecule has 0 aliphatic carbocycles. The third-order valence-electron chi connectivity index (χ3n) is 2.87. The van der Waals surface area contributed by atoms with Crippen LogP contribution in [0.3, 0.4) is 0 Å². The Balaban J connectivity index is 2.52. The molecule has 0 radical (unpaired) electrons. The average Bonchev–Trinajstić information content (AvgIpc) is 2.32. The molecule has 0 saturated heterocycles. The highest BCUT2D eigenvalue weighted by Crippen LogP contribution is 2.35. The average molecular weight is 270 g/mol. The van der Waals surface area contributed by atoms with E-state index in [0.29, 0.717) is 17.9 Å². The van der Waals surface area contributed by atoms with Crippen molar-refractivity contribution >= 4 is 21.6 Å². The molecule has 6 nitrogen and oxygen atoms in total. The lowest BCUT2D eigenvalue weighted by Crippen LogP contribution is -2.43. The number of amides is 1. The minimum atomic E-state index is -3.79. The number of hydrogen-bond acceptors (Lipinski definition) is 4. The Labute approximate surface area is 105 Å². The van der Waals surface area contributed by atoms with Gasteiger partial charge in [-0.15, -0.1) is 0 Å². The van der Waals surface area contributed by atoms with Gasteiger partial charge in [-0.2, -0.15) is 0 Å². The maximum absolute atomic E-state index is 11.9. The summed E-state index contributed by atoms with van der Waals surface area (Å²) in [7, 11) is -2.21. The van der Waals surface area contributed by atoms with Crippen molar-refractivity contribution in [2.75, 3.05) is 11.9 Å². The van der Waals surface area contributed by atoms with Gasteiger partial charge in [0.1, 0.15) is 5.75 Å². The predicted molar refractivity (Wildman–Crippen MR) is 65.9 cm³/mol. The standard InChI is InChI=1S/C11H14N2O4S/c1-3-9-11(14)13(2)8-6-7(18(12,15)16)4-5-10(8)17-9/h4-6,9H,3H2,1-2H3,(H2,12,15,16). The second-order valence-corrected chi connectivity index (χ2v) is 5.65. The number of likely N-dealkylation sites (N-methyl/N-ethyl adjacent to an activating group) is 1. The maximum atomic E-state index is 11.9. The number of hydrogen-bond donors (Lipinski definition) is 1. The molecule has 1 aromatic carbocycles.